The Morgan fingerprint density at radius 2 is 1.78 bits per heavy atom. The lowest BCUT2D eigenvalue weighted by Crippen LogP contribution is -2.48. The molecule has 1 N–H and O–H groups in total. The van der Waals surface area contributed by atoms with Crippen LogP contribution in [0.15, 0.2) is 59.5 Å². The molecule has 0 radical (unpaired) electrons. The normalized spacial score (nSPS) is 11.7. The summed E-state index contributed by atoms with van der Waals surface area (Å²) in [5, 5.41) is 3.37. The number of amides is 2. The molecule has 0 bridgehead atoms. The van der Waals surface area contributed by atoms with Crippen LogP contribution in [0.4, 0.5) is 0 Å². The predicted octanol–water partition coefficient (Wildman–Crippen LogP) is 4.38. The maximum atomic E-state index is 12.9. The number of hydrogen-bond donors (Lipinski definition) is 1. The van der Waals surface area contributed by atoms with Gasteiger partial charge in [0.25, 0.3) is 0 Å². The third-order valence-electron chi connectivity index (χ3n) is 4.23. The van der Waals surface area contributed by atoms with Crippen molar-refractivity contribution >= 4 is 35.2 Å². The third-order valence-corrected chi connectivity index (χ3v) is 5.49. The zero-order valence-corrected chi connectivity index (χ0v) is 17.2. The van der Waals surface area contributed by atoms with Gasteiger partial charge in [0, 0.05) is 35.7 Å². The quantitative estimate of drug-likeness (QED) is 0.631. The summed E-state index contributed by atoms with van der Waals surface area (Å²) >= 11 is 7.51. The molecule has 0 fully saturated rings. The number of nitrogens with one attached hydrogen (secondary N) is 1. The van der Waals surface area contributed by atoms with E-state index in [1.165, 1.54) is 0 Å². The summed E-state index contributed by atoms with van der Waals surface area (Å²) in [6.07, 6.45) is 0.941. The number of nitrogens with zero attached hydrogens (tertiary/aromatic N) is 1. The third kappa shape index (κ3) is 6.60. The number of carbonyl (C=O) groups excluding carboxylic acids is 2. The van der Waals surface area contributed by atoms with Crippen molar-refractivity contribution in [1.82, 2.24) is 10.2 Å². The lowest BCUT2D eigenvalue weighted by atomic mass is 10.1. The molecule has 144 valence electrons. The van der Waals surface area contributed by atoms with Crippen LogP contribution in [0.25, 0.3) is 0 Å². The average Bonchev–Trinajstić information content (AvgIpc) is 2.69. The van der Waals surface area contributed by atoms with Crippen LogP contribution < -0.4 is 5.32 Å². The van der Waals surface area contributed by atoms with Crippen LogP contribution in [-0.4, -0.2) is 35.6 Å². The van der Waals surface area contributed by atoms with E-state index in [0.29, 0.717) is 30.2 Å². The van der Waals surface area contributed by atoms with Crippen molar-refractivity contribution in [2.24, 2.45) is 0 Å². The molecule has 0 aliphatic rings. The summed E-state index contributed by atoms with van der Waals surface area (Å²) in [5.74, 6) is 0.499. The lowest BCUT2D eigenvalue weighted by Gasteiger charge is -2.30. The molecule has 0 heterocycles. The SMILES string of the molecule is CC[C@@H](C(=O)NC)N(Cc1ccccc1)C(=O)CCSc1ccc(Cl)cc1. The van der Waals surface area contributed by atoms with Crippen molar-refractivity contribution < 1.29 is 9.59 Å². The lowest BCUT2D eigenvalue weighted by molar-refractivity contribution is -0.140. The zero-order chi connectivity index (χ0) is 19.6. The highest BCUT2D eigenvalue weighted by Crippen LogP contribution is 2.22. The molecule has 0 aliphatic heterocycles. The summed E-state index contributed by atoms with van der Waals surface area (Å²) < 4.78 is 0. The van der Waals surface area contributed by atoms with Gasteiger partial charge in [-0.25, -0.2) is 0 Å². The molecule has 6 heteroatoms. The van der Waals surface area contributed by atoms with Gasteiger partial charge in [-0.3, -0.25) is 9.59 Å². The molecule has 4 nitrogen and oxygen atoms in total. The maximum absolute atomic E-state index is 12.9. The number of hydrogen-bond acceptors (Lipinski definition) is 3. The molecule has 0 aliphatic carbocycles. The van der Waals surface area contributed by atoms with Gasteiger partial charge in [-0.2, -0.15) is 0 Å². The number of likely N-dealkylation sites (N-methyl/N-ethyl adjacent to an activating group) is 1. The molecule has 2 aromatic carbocycles. The maximum Gasteiger partial charge on any atom is 0.242 e. The Kier molecular flexibility index (Phi) is 8.69. The van der Waals surface area contributed by atoms with E-state index in [2.05, 4.69) is 5.32 Å². The molecular weight excluding hydrogens is 380 g/mol. The Balaban J connectivity index is 2.05. The Morgan fingerprint density at radius 3 is 2.37 bits per heavy atom. The van der Waals surface area contributed by atoms with Gasteiger partial charge in [0.2, 0.25) is 11.8 Å². The first-order valence-corrected chi connectivity index (χ1v) is 10.3. The molecule has 2 aromatic rings. The summed E-state index contributed by atoms with van der Waals surface area (Å²) in [7, 11) is 1.60. The second kappa shape index (κ2) is 11.0. The van der Waals surface area contributed by atoms with Gasteiger partial charge in [-0.1, -0.05) is 48.9 Å². The predicted molar refractivity (Wildman–Crippen MR) is 112 cm³/mol. The van der Waals surface area contributed by atoms with Crippen molar-refractivity contribution in [3.8, 4) is 0 Å². The molecule has 0 spiro atoms. The van der Waals surface area contributed by atoms with E-state index >= 15 is 0 Å². The number of benzene rings is 2. The average molecular weight is 405 g/mol. The Bertz CT molecular complexity index is 738. The van der Waals surface area contributed by atoms with E-state index in [1.54, 1.807) is 23.7 Å². The number of rotatable bonds is 9. The smallest absolute Gasteiger partial charge is 0.242 e. The monoisotopic (exact) mass is 404 g/mol. The first-order valence-electron chi connectivity index (χ1n) is 8.98. The highest BCUT2D eigenvalue weighted by molar-refractivity contribution is 7.99. The highest BCUT2D eigenvalue weighted by atomic mass is 35.5. The summed E-state index contributed by atoms with van der Waals surface area (Å²) in [6, 6.07) is 16.9. The van der Waals surface area contributed by atoms with E-state index in [4.69, 9.17) is 11.6 Å². The van der Waals surface area contributed by atoms with E-state index in [0.717, 1.165) is 10.5 Å². The number of thioether (sulfide) groups is 1. The number of halogens is 1. The molecule has 0 aromatic heterocycles. The standard InChI is InChI=1S/C21H25ClN2O2S/c1-3-19(21(26)23-2)24(15-16-7-5-4-6-8-16)20(25)13-14-27-18-11-9-17(22)10-12-18/h4-12,19H,3,13-15H2,1-2H3,(H,23,26)/t19-/m0/s1. The van der Waals surface area contributed by atoms with E-state index < -0.39 is 6.04 Å². The van der Waals surface area contributed by atoms with Crippen molar-refractivity contribution in [1.29, 1.82) is 0 Å². The molecule has 2 amide bonds. The fourth-order valence-electron chi connectivity index (χ4n) is 2.80. The van der Waals surface area contributed by atoms with Crippen LogP contribution in [0, 0.1) is 0 Å². The van der Waals surface area contributed by atoms with Crippen LogP contribution in [0.2, 0.25) is 5.02 Å². The first-order chi connectivity index (χ1) is 13.0. The Labute approximate surface area is 170 Å². The molecule has 27 heavy (non-hydrogen) atoms. The topological polar surface area (TPSA) is 49.4 Å². The van der Waals surface area contributed by atoms with Gasteiger partial charge in [-0.15, -0.1) is 11.8 Å². The van der Waals surface area contributed by atoms with Crippen LogP contribution in [-0.2, 0) is 16.1 Å². The summed E-state index contributed by atoms with van der Waals surface area (Å²) in [4.78, 5) is 28.0. The second-order valence-corrected chi connectivity index (χ2v) is 7.70. The van der Waals surface area contributed by atoms with Gasteiger partial charge in [0.15, 0.2) is 0 Å². The number of carbonyl (C=O) groups is 2. The van der Waals surface area contributed by atoms with E-state index in [-0.39, 0.29) is 11.8 Å². The van der Waals surface area contributed by atoms with Crippen molar-refractivity contribution in [3.63, 3.8) is 0 Å². The molecule has 0 saturated heterocycles. The van der Waals surface area contributed by atoms with Crippen LogP contribution in [0.3, 0.4) is 0 Å². The van der Waals surface area contributed by atoms with Gasteiger partial charge in [0.1, 0.15) is 6.04 Å². The second-order valence-electron chi connectivity index (χ2n) is 6.10. The van der Waals surface area contributed by atoms with Crippen LogP contribution in [0.5, 0.6) is 0 Å². The van der Waals surface area contributed by atoms with Crippen molar-refractivity contribution in [2.45, 2.75) is 37.2 Å². The molecule has 0 unspecified atom stereocenters. The minimum Gasteiger partial charge on any atom is -0.357 e. The first kappa shape index (κ1) is 21.3. The molecule has 1 atom stereocenters. The van der Waals surface area contributed by atoms with Gasteiger partial charge in [-0.05, 0) is 36.2 Å². The van der Waals surface area contributed by atoms with E-state index in [9.17, 15) is 9.59 Å². The van der Waals surface area contributed by atoms with Crippen LogP contribution >= 0.6 is 23.4 Å². The highest BCUT2D eigenvalue weighted by Gasteiger charge is 2.27. The summed E-state index contributed by atoms with van der Waals surface area (Å²) in [6.45, 7) is 2.35. The van der Waals surface area contributed by atoms with Gasteiger partial charge < -0.3 is 10.2 Å². The Hall–Kier alpha value is -1.98. The summed E-state index contributed by atoms with van der Waals surface area (Å²) in [5.41, 5.74) is 1.01. The minimum absolute atomic E-state index is 0.0178. The largest absolute Gasteiger partial charge is 0.357 e. The molecule has 2 rings (SSSR count). The van der Waals surface area contributed by atoms with Crippen molar-refractivity contribution in [3.05, 3.63) is 65.2 Å². The van der Waals surface area contributed by atoms with Crippen molar-refractivity contribution in [2.75, 3.05) is 12.8 Å². The minimum atomic E-state index is -0.469. The van der Waals surface area contributed by atoms with E-state index in [1.807, 2.05) is 61.5 Å². The van der Waals surface area contributed by atoms with Crippen LogP contribution in [0.1, 0.15) is 25.3 Å². The zero-order valence-electron chi connectivity index (χ0n) is 15.7. The molecular formula is C21H25ClN2O2S. The Morgan fingerprint density at radius 1 is 1.11 bits per heavy atom. The fraction of sp³-hybridized carbons (Fsp3) is 0.333. The molecule has 0 saturated carbocycles. The van der Waals surface area contributed by atoms with Gasteiger partial charge in [0.05, 0.1) is 0 Å². The fourth-order valence-corrected chi connectivity index (χ4v) is 3.76. The van der Waals surface area contributed by atoms with Gasteiger partial charge >= 0.3 is 0 Å².